The number of Topliss-reactive ketones (excluding diaryl/α,β-unsaturated/α-hetero) is 1. The number of amides is 1. The lowest BCUT2D eigenvalue weighted by Crippen LogP contribution is -2.32. The summed E-state index contributed by atoms with van der Waals surface area (Å²) in [5.74, 6) is 0.0831. The highest BCUT2D eigenvalue weighted by Gasteiger charge is 2.23. The second-order valence-electron chi connectivity index (χ2n) is 6.11. The number of carbonyl (C=O) groups excluding carboxylic acids is 2. The number of unbranched alkanes of at least 4 members (excludes halogenated alkanes) is 1. The van der Waals surface area contributed by atoms with Crippen LogP contribution in [0.5, 0.6) is 0 Å². The minimum atomic E-state index is 0. The fourth-order valence-electron chi connectivity index (χ4n) is 2.77. The number of carbonyl (C=O) groups is 2. The predicted octanol–water partition coefficient (Wildman–Crippen LogP) is 2.97. The number of halogens is 1. The molecular formula is C18H27ClN2O2. The van der Waals surface area contributed by atoms with Gasteiger partial charge in [-0.1, -0.05) is 37.6 Å². The first-order valence-corrected chi connectivity index (χ1v) is 8.25. The summed E-state index contributed by atoms with van der Waals surface area (Å²) in [7, 11) is 0. The van der Waals surface area contributed by atoms with Crippen LogP contribution in [0, 0.1) is 0 Å². The van der Waals surface area contributed by atoms with Crippen molar-refractivity contribution < 1.29 is 9.59 Å². The molecule has 2 rings (SSSR count). The molecule has 1 amide bonds. The van der Waals surface area contributed by atoms with Crippen LogP contribution < -0.4 is 5.73 Å². The topological polar surface area (TPSA) is 63.4 Å². The molecule has 0 saturated carbocycles. The summed E-state index contributed by atoms with van der Waals surface area (Å²) < 4.78 is 0. The SMILES string of the molecule is CCCCc1ccc(C(=O)CCC(=O)N2CC[C@@H](N)C2)cc1.Cl. The van der Waals surface area contributed by atoms with E-state index in [4.69, 9.17) is 5.73 Å². The van der Waals surface area contributed by atoms with Gasteiger partial charge in [-0.05, 0) is 24.8 Å². The third kappa shape index (κ3) is 5.96. The Bertz CT molecular complexity index is 516. The van der Waals surface area contributed by atoms with Gasteiger partial charge in [0.2, 0.25) is 5.91 Å². The molecule has 1 aliphatic rings. The molecule has 1 heterocycles. The van der Waals surface area contributed by atoms with Gasteiger partial charge in [-0.25, -0.2) is 0 Å². The number of rotatable bonds is 7. The van der Waals surface area contributed by atoms with Gasteiger partial charge < -0.3 is 10.6 Å². The second kappa shape index (κ2) is 9.68. The van der Waals surface area contributed by atoms with Crippen molar-refractivity contribution in [2.45, 2.75) is 51.5 Å². The van der Waals surface area contributed by atoms with Crippen LogP contribution in [0.1, 0.15) is 54.9 Å². The molecule has 0 bridgehead atoms. The van der Waals surface area contributed by atoms with E-state index in [2.05, 4.69) is 6.92 Å². The van der Waals surface area contributed by atoms with Gasteiger partial charge in [0, 0.05) is 37.5 Å². The average molecular weight is 339 g/mol. The number of hydrogen-bond donors (Lipinski definition) is 1. The van der Waals surface area contributed by atoms with Crippen molar-refractivity contribution in [2.75, 3.05) is 13.1 Å². The van der Waals surface area contributed by atoms with Crippen LogP contribution in [0.25, 0.3) is 0 Å². The van der Waals surface area contributed by atoms with Gasteiger partial charge in [0.15, 0.2) is 5.78 Å². The minimum Gasteiger partial charge on any atom is -0.341 e. The molecule has 0 unspecified atom stereocenters. The molecule has 4 nitrogen and oxygen atoms in total. The Hall–Kier alpha value is -1.39. The first-order chi connectivity index (χ1) is 10.6. The van der Waals surface area contributed by atoms with E-state index < -0.39 is 0 Å². The van der Waals surface area contributed by atoms with E-state index >= 15 is 0 Å². The highest BCUT2D eigenvalue weighted by molar-refractivity contribution is 5.98. The molecule has 1 fully saturated rings. The number of nitrogens with zero attached hydrogens (tertiary/aromatic N) is 1. The number of nitrogens with two attached hydrogens (primary N) is 1. The molecular weight excluding hydrogens is 312 g/mol. The maximum Gasteiger partial charge on any atom is 0.223 e. The zero-order valence-electron chi connectivity index (χ0n) is 13.8. The fraction of sp³-hybridized carbons (Fsp3) is 0.556. The summed E-state index contributed by atoms with van der Waals surface area (Å²) in [5, 5.41) is 0. The third-order valence-corrected chi connectivity index (χ3v) is 4.24. The molecule has 0 radical (unpaired) electrons. The summed E-state index contributed by atoms with van der Waals surface area (Å²) in [6.45, 7) is 3.52. The third-order valence-electron chi connectivity index (χ3n) is 4.24. The highest BCUT2D eigenvalue weighted by Crippen LogP contribution is 2.13. The zero-order valence-corrected chi connectivity index (χ0v) is 14.6. The number of ketones is 1. The summed E-state index contributed by atoms with van der Waals surface area (Å²) in [6.07, 6.45) is 4.81. The largest absolute Gasteiger partial charge is 0.341 e. The van der Waals surface area contributed by atoms with Gasteiger partial charge in [0.05, 0.1) is 0 Å². The highest BCUT2D eigenvalue weighted by atomic mass is 35.5. The van der Waals surface area contributed by atoms with Crippen molar-refractivity contribution in [1.29, 1.82) is 0 Å². The van der Waals surface area contributed by atoms with Crippen LogP contribution in [0.4, 0.5) is 0 Å². The molecule has 2 N–H and O–H groups in total. The Labute approximate surface area is 144 Å². The van der Waals surface area contributed by atoms with Crippen LogP contribution >= 0.6 is 12.4 Å². The molecule has 0 aromatic heterocycles. The second-order valence-corrected chi connectivity index (χ2v) is 6.11. The lowest BCUT2D eigenvalue weighted by atomic mass is 10.0. The van der Waals surface area contributed by atoms with Crippen LogP contribution in [0.2, 0.25) is 0 Å². The first-order valence-electron chi connectivity index (χ1n) is 8.25. The molecule has 128 valence electrons. The quantitative estimate of drug-likeness (QED) is 0.777. The van der Waals surface area contributed by atoms with Crippen molar-refractivity contribution in [3.63, 3.8) is 0 Å². The molecule has 1 aromatic carbocycles. The molecule has 23 heavy (non-hydrogen) atoms. The fourth-order valence-corrected chi connectivity index (χ4v) is 2.77. The maximum absolute atomic E-state index is 12.2. The minimum absolute atomic E-state index is 0. The number of benzene rings is 1. The summed E-state index contributed by atoms with van der Waals surface area (Å²) in [5.41, 5.74) is 7.76. The van der Waals surface area contributed by atoms with Crippen molar-refractivity contribution in [1.82, 2.24) is 4.90 Å². The molecule has 1 aromatic rings. The van der Waals surface area contributed by atoms with Gasteiger partial charge in [-0.2, -0.15) is 0 Å². The zero-order chi connectivity index (χ0) is 15.9. The van der Waals surface area contributed by atoms with E-state index in [1.165, 1.54) is 18.4 Å². The first kappa shape index (κ1) is 19.7. The monoisotopic (exact) mass is 338 g/mol. The molecule has 1 atom stereocenters. The van der Waals surface area contributed by atoms with E-state index in [1.807, 2.05) is 24.3 Å². The number of hydrogen-bond acceptors (Lipinski definition) is 3. The normalized spacial score (nSPS) is 17.0. The van der Waals surface area contributed by atoms with Gasteiger partial charge in [0.25, 0.3) is 0 Å². The van der Waals surface area contributed by atoms with E-state index in [9.17, 15) is 9.59 Å². The van der Waals surface area contributed by atoms with Gasteiger partial charge in [-0.3, -0.25) is 9.59 Å². The van der Waals surface area contributed by atoms with Crippen molar-refractivity contribution >= 4 is 24.1 Å². The molecule has 0 spiro atoms. The van der Waals surface area contributed by atoms with Gasteiger partial charge in [-0.15, -0.1) is 12.4 Å². The van der Waals surface area contributed by atoms with E-state index in [-0.39, 0.29) is 43.0 Å². The van der Waals surface area contributed by atoms with E-state index in [1.54, 1.807) is 4.90 Å². The van der Waals surface area contributed by atoms with Crippen LogP contribution in [0.3, 0.4) is 0 Å². The Kier molecular flexibility index (Phi) is 8.28. The van der Waals surface area contributed by atoms with E-state index in [0.717, 1.165) is 19.4 Å². The van der Waals surface area contributed by atoms with Crippen LogP contribution in [-0.2, 0) is 11.2 Å². The Morgan fingerprint density at radius 3 is 2.48 bits per heavy atom. The summed E-state index contributed by atoms with van der Waals surface area (Å²) >= 11 is 0. The molecule has 1 aliphatic heterocycles. The van der Waals surface area contributed by atoms with Crippen molar-refractivity contribution in [3.8, 4) is 0 Å². The summed E-state index contributed by atoms with van der Waals surface area (Å²) in [6, 6.07) is 7.89. The van der Waals surface area contributed by atoms with E-state index in [0.29, 0.717) is 12.1 Å². The smallest absolute Gasteiger partial charge is 0.223 e. The molecule has 5 heteroatoms. The Morgan fingerprint density at radius 1 is 1.22 bits per heavy atom. The standard InChI is InChI=1S/C18H26N2O2.ClH/c1-2-3-4-14-5-7-15(8-6-14)17(21)9-10-18(22)20-12-11-16(19)13-20;/h5-8,16H,2-4,9-13,19H2,1H3;1H/t16-;/m1./s1. The van der Waals surface area contributed by atoms with Gasteiger partial charge >= 0.3 is 0 Å². The van der Waals surface area contributed by atoms with Gasteiger partial charge in [0.1, 0.15) is 0 Å². The summed E-state index contributed by atoms with van der Waals surface area (Å²) in [4.78, 5) is 25.9. The van der Waals surface area contributed by atoms with Crippen molar-refractivity contribution in [2.24, 2.45) is 5.73 Å². The van der Waals surface area contributed by atoms with Crippen LogP contribution in [-0.4, -0.2) is 35.7 Å². The lowest BCUT2D eigenvalue weighted by molar-refractivity contribution is -0.130. The van der Waals surface area contributed by atoms with Crippen molar-refractivity contribution in [3.05, 3.63) is 35.4 Å². The average Bonchev–Trinajstić information content (AvgIpc) is 2.97. The Balaban J connectivity index is 0.00000264. The Morgan fingerprint density at radius 2 is 1.91 bits per heavy atom. The number of aryl methyl sites for hydroxylation is 1. The molecule has 1 saturated heterocycles. The number of likely N-dealkylation sites (tertiary alicyclic amines) is 1. The molecule has 0 aliphatic carbocycles. The predicted molar refractivity (Wildman–Crippen MR) is 95.0 cm³/mol. The maximum atomic E-state index is 12.2. The van der Waals surface area contributed by atoms with Crippen LogP contribution in [0.15, 0.2) is 24.3 Å². The lowest BCUT2D eigenvalue weighted by Gasteiger charge is -2.15.